The number of carbonyl (C=O) groups is 1. The molecule has 170 valence electrons. The molecule has 1 fully saturated rings. The summed E-state index contributed by atoms with van der Waals surface area (Å²) in [7, 11) is 3.89. The first-order chi connectivity index (χ1) is 15.4. The maximum atomic E-state index is 13.6. The van der Waals surface area contributed by atoms with Crippen molar-refractivity contribution >= 4 is 17.5 Å². The molecule has 0 aliphatic carbocycles. The Morgan fingerprint density at radius 1 is 1.28 bits per heavy atom. The summed E-state index contributed by atoms with van der Waals surface area (Å²) in [6, 6.07) is 12.6. The Hall–Kier alpha value is -2.64. The molecular weight excluding hydrogens is 426 g/mol. The first-order valence-electron chi connectivity index (χ1n) is 11.1. The number of aromatic nitrogens is 3. The van der Waals surface area contributed by atoms with Gasteiger partial charge in [-0.05, 0) is 38.8 Å². The first-order valence-corrected chi connectivity index (χ1v) is 11.5. The van der Waals surface area contributed by atoms with Crippen LogP contribution in [0.25, 0.3) is 11.4 Å². The van der Waals surface area contributed by atoms with E-state index in [2.05, 4.69) is 46.5 Å². The Kier molecular flexibility index (Phi) is 6.96. The second kappa shape index (κ2) is 9.88. The van der Waals surface area contributed by atoms with Gasteiger partial charge in [-0.3, -0.25) is 9.48 Å². The molecule has 1 atom stereocenters. The van der Waals surface area contributed by atoms with E-state index in [4.69, 9.17) is 16.1 Å². The SMILES string of the molecule is Cc1cc(-c2nn(C)c(Cl)c2C(=O)N2CCCCC(N(C)CCc3ccccc3)C2)no1. The van der Waals surface area contributed by atoms with Crippen LogP contribution >= 0.6 is 11.6 Å². The monoisotopic (exact) mass is 455 g/mol. The van der Waals surface area contributed by atoms with Gasteiger partial charge in [0.05, 0.1) is 0 Å². The minimum atomic E-state index is -0.0953. The van der Waals surface area contributed by atoms with E-state index in [9.17, 15) is 4.79 Å². The summed E-state index contributed by atoms with van der Waals surface area (Å²) in [6.07, 6.45) is 4.14. The van der Waals surface area contributed by atoms with Gasteiger partial charge in [-0.1, -0.05) is 53.5 Å². The van der Waals surface area contributed by atoms with E-state index in [1.54, 1.807) is 13.1 Å². The van der Waals surface area contributed by atoms with Crippen molar-refractivity contribution in [3.8, 4) is 11.4 Å². The number of amides is 1. The minimum absolute atomic E-state index is 0.0953. The molecule has 3 aromatic rings. The molecule has 4 rings (SSSR count). The zero-order chi connectivity index (χ0) is 22.7. The highest BCUT2D eigenvalue weighted by Crippen LogP contribution is 2.30. The average Bonchev–Trinajstić information content (AvgIpc) is 3.24. The number of hydrogen-bond donors (Lipinski definition) is 0. The van der Waals surface area contributed by atoms with Crippen LogP contribution in [0.5, 0.6) is 0 Å². The summed E-state index contributed by atoms with van der Waals surface area (Å²) in [4.78, 5) is 18.0. The van der Waals surface area contributed by atoms with Crippen molar-refractivity contribution in [3.63, 3.8) is 0 Å². The number of hydrogen-bond acceptors (Lipinski definition) is 5. The van der Waals surface area contributed by atoms with Gasteiger partial charge in [-0.25, -0.2) is 0 Å². The van der Waals surface area contributed by atoms with Crippen molar-refractivity contribution in [2.75, 3.05) is 26.7 Å². The largest absolute Gasteiger partial charge is 0.361 e. The summed E-state index contributed by atoms with van der Waals surface area (Å²) >= 11 is 6.53. The van der Waals surface area contributed by atoms with E-state index in [0.29, 0.717) is 47.0 Å². The number of aryl methyl sites for hydroxylation is 2. The molecule has 8 heteroatoms. The van der Waals surface area contributed by atoms with Gasteiger partial charge in [0.1, 0.15) is 27.9 Å². The van der Waals surface area contributed by atoms with Gasteiger partial charge in [-0.2, -0.15) is 5.10 Å². The Morgan fingerprint density at radius 3 is 2.78 bits per heavy atom. The molecule has 1 aliphatic rings. The van der Waals surface area contributed by atoms with Gasteiger partial charge >= 0.3 is 0 Å². The zero-order valence-corrected chi connectivity index (χ0v) is 19.7. The molecule has 0 saturated carbocycles. The highest BCUT2D eigenvalue weighted by atomic mass is 35.5. The predicted octanol–water partition coefficient (Wildman–Crippen LogP) is 4.21. The van der Waals surface area contributed by atoms with E-state index in [1.165, 1.54) is 10.2 Å². The molecular formula is C24H30ClN5O2. The van der Waals surface area contributed by atoms with Crippen LogP contribution in [0.4, 0.5) is 0 Å². The lowest BCUT2D eigenvalue weighted by atomic mass is 10.1. The second-order valence-electron chi connectivity index (χ2n) is 8.58. The number of benzene rings is 1. The third-order valence-corrected chi connectivity index (χ3v) is 6.65. The molecule has 1 unspecified atom stereocenters. The van der Waals surface area contributed by atoms with E-state index in [1.807, 2.05) is 17.9 Å². The van der Waals surface area contributed by atoms with Gasteiger partial charge in [0.15, 0.2) is 0 Å². The number of carbonyl (C=O) groups excluding carboxylic acids is 1. The fourth-order valence-electron chi connectivity index (χ4n) is 4.30. The number of likely N-dealkylation sites (tertiary alicyclic amines) is 1. The molecule has 0 radical (unpaired) electrons. The van der Waals surface area contributed by atoms with E-state index in [0.717, 1.165) is 32.2 Å². The molecule has 32 heavy (non-hydrogen) atoms. The predicted molar refractivity (Wildman–Crippen MR) is 125 cm³/mol. The topological polar surface area (TPSA) is 67.4 Å². The Balaban J connectivity index is 1.51. The molecule has 0 bridgehead atoms. The van der Waals surface area contributed by atoms with Gasteiger partial charge in [0.2, 0.25) is 0 Å². The van der Waals surface area contributed by atoms with Crippen molar-refractivity contribution in [2.24, 2.45) is 7.05 Å². The molecule has 0 N–H and O–H groups in total. The van der Waals surface area contributed by atoms with Crippen LogP contribution in [0.15, 0.2) is 40.9 Å². The maximum absolute atomic E-state index is 13.6. The van der Waals surface area contributed by atoms with Crippen LogP contribution in [0, 0.1) is 6.92 Å². The zero-order valence-electron chi connectivity index (χ0n) is 18.9. The van der Waals surface area contributed by atoms with Gasteiger partial charge in [0.25, 0.3) is 5.91 Å². The van der Waals surface area contributed by atoms with Crippen LogP contribution in [-0.4, -0.2) is 63.4 Å². The van der Waals surface area contributed by atoms with Crippen molar-refractivity contribution in [3.05, 3.63) is 58.4 Å². The van der Waals surface area contributed by atoms with Crippen LogP contribution in [-0.2, 0) is 13.5 Å². The normalized spacial score (nSPS) is 17.0. The van der Waals surface area contributed by atoms with Crippen LogP contribution in [0.1, 0.15) is 40.9 Å². The molecule has 2 aromatic heterocycles. The lowest BCUT2D eigenvalue weighted by molar-refractivity contribution is 0.0716. The maximum Gasteiger partial charge on any atom is 0.259 e. The third kappa shape index (κ3) is 4.89. The first kappa shape index (κ1) is 22.6. The number of nitrogens with zero attached hydrogens (tertiary/aromatic N) is 5. The number of rotatable bonds is 6. The van der Waals surface area contributed by atoms with Gasteiger partial charge in [0, 0.05) is 38.8 Å². The van der Waals surface area contributed by atoms with E-state index >= 15 is 0 Å². The molecule has 0 spiro atoms. The fourth-order valence-corrected chi connectivity index (χ4v) is 4.51. The summed E-state index contributed by atoms with van der Waals surface area (Å²) in [5.74, 6) is 0.567. The smallest absolute Gasteiger partial charge is 0.259 e. The fraction of sp³-hybridized carbons (Fsp3) is 0.458. The summed E-state index contributed by atoms with van der Waals surface area (Å²) in [6.45, 7) is 4.15. The molecule has 1 aliphatic heterocycles. The summed E-state index contributed by atoms with van der Waals surface area (Å²) in [5.41, 5.74) is 2.72. The van der Waals surface area contributed by atoms with Crippen molar-refractivity contribution in [1.29, 1.82) is 0 Å². The standard InChI is InChI=1S/C24H30ClN5O2/c1-17-15-20(27-32-17)22-21(23(25)29(3)26-22)24(31)30-13-8-7-11-19(16-30)28(2)14-12-18-9-5-4-6-10-18/h4-6,9-10,15,19H,7-8,11-14,16H2,1-3H3. The van der Waals surface area contributed by atoms with Gasteiger partial charge in [-0.15, -0.1) is 0 Å². The average molecular weight is 456 g/mol. The van der Waals surface area contributed by atoms with E-state index < -0.39 is 0 Å². The van der Waals surface area contributed by atoms with Crippen LogP contribution in [0.3, 0.4) is 0 Å². The molecule has 3 heterocycles. The quantitative estimate of drug-likeness (QED) is 0.557. The van der Waals surface area contributed by atoms with E-state index in [-0.39, 0.29) is 5.91 Å². The third-order valence-electron chi connectivity index (χ3n) is 6.21. The van der Waals surface area contributed by atoms with Crippen LogP contribution in [0.2, 0.25) is 5.15 Å². The number of halogens is 1. The Morgan fingerprint density at radius 2 is 2.06 bits per heavy atom. The Bertz CT molecular complexity index is 1060. The van der Waals surface area contributed by atoms with Crippen LogP contribution < -0.4 is 0 Å². The van der Waals surface area contributed by atoms with Crippen molar-refractivity contribution < 1.29 is 9.32 Å². The molecule has 1 amide bonds. The molecule has 1 aromatic carbocycles. The van der Waals surface area contributed by atoms with Gasteiger partial charge < -0.3 is 14.3 Å². The number of likely N-dealkylation sites (N-methyl/N-ethyl adjacent to an activating group) is 1. The molecule has 1 saturated heterocycles. The summed E-state index contributed by atoms with van der Waals surface area (Å²) in [5, 5.41) is 8.83. The highest BCUT2D eigenvalue weighted by Gasteiger charge is 2.31. The Labute approximate surface area is 193 Å². The minimum Gasteiger partial charge on any atom is -0.361 e. The lowest BCUT2D eigenvalue weighted by Crippen LogP contribution is -2.44. The lowest BCUT2D eigenvalue weighted by Gasteiger charge is -2.31. The summed E-state index contributed by atoms with van der Waals surface area (Å²) < 4.78 is 6.73. The van der Waals surface area contributed by atoms with Crippen molar-refractivity contribution in [1.82, 2.24) is 24.7 Å². The van der Waals surface area contributed by atoms with Crippen molar-refractivity contribution in [2.45, 2.75) is 38.6 Å². The second-order valence-corrected chi connectivity index (χ2v) is 8.94. The molecule has 7 nitrogen and oxygen atoms in total. The highest BCUT2D eigenvalue weighted by molar-refractivity contribution is 6.33.